The molecule has 0 atom stereocenters. The van der Waals surface area contributed by atoms with Crippen molar-refractivity contribution < 1.29 is 4.42 Å². The Morgan fingerprint density at radius 1 is 0.917 bits per heavy atom. The Morgan fingerprint density at radius 2 is 1.67 bits per heavy atom. The molecule has 0 N–H and O–H groups in total. The van der Waals surface area contributed by atoms with E-state index in [1.54, 1.807) is 0 Å². The highest BCUT2D eigenvalue weighted by Crippen LogP contribution is 2.33. The number of nitriles is 1. The van der Waals surface area contributed by atoms with Gasteiger partial charge >= 0.3 is 0 Å². The molecule has 2 heteroatoms. The minimum Gasteiger partial charge on any atom is -0.460 e. The molecule has 0 aliphatic carbocycles. The summed E-state index contributed by atoms with van der Waals surface area (Å²) in [6.07, 6.45) is 4.46. The molecule has 1 aromatic heterocycles. The topological polar surface area (TPSA) is 36.9 Å². The average molecular weight is 315 g/mol. The van der Waals surface area contributed by atoms with Crippen molar-refractivity contribution in [3.63, 3.8) is 0 Å². The van der Waals surface area contributed by atoms with Crippen LogP contribution in [0.5, 0.6) is 0 Å². The van der Waals surface area contributed by atoms with Gasteiger partial charge in [0, 0.05) is 17.5 Å². The van der Waals surface area contributed by atoms with Gasteiger partial charge in [-0.2, -0.15) is 5.26 Å². The van der Waals surface area contributed by atoms with Crippen LogP contribution < -0.4 is 0 Å². The molecule has 0 aliphatic heterocycles. The van der Waals surface area contributed by atoms with Gasteiger partial charge in [-0.05, 0) is 30.2 Å². The Morgan fingerprint density at radius 3 is 2.33 bits per heavy atom. The van der Waals surface area contributed by atoms with Crippen molar-refractivity contribution >= 4 is 0 Å². The molecule has 0 fully saturated rings. The van der Waals surface area contributed by atoms with E-state index in [-0.39, 0.29) is 0 Å². The quantitative estimate of drug-likeness (QED) is 0.506. The van der Waals surface area contributed by atoms with Gasteiger partial charge < -0.3 is 4.42 Å². The first kappa shape index (κ1) is 16.1. The van der Waals surface area contributed by atoms with E-state index in [9.17, 15) is 0 Å². The van der Waals surface area contributed by atoms with Crippen LogP contribution in [0.25, 0.3) is 22.5 Å². The zero-order valence-corrected chi connectivity index (χ0v) is 14.0. The van der Waals surface area contributed by atoms with E-state index in [0.717, 1.165) is 41.1 Å². The summed E-state index contributed by atoms with van der Waals surface area (Å²) in [4.78, 5) is 0. The lowest BCUT2D eigenvalue weighted by Gasteiger charge is -2.03. The van der Waals surface area contributed by atoms with Crippen LogP contribution in [0.15, 0.2) is 65.1 Å². The zero-order valence-electron chi connectivity index (χ0n) is 14.0. The predicted molar refractivity (Wildman–Crippen MR) is 97.5 cm³/mol. The number of benzene rings is 2. The Labute approximate surface area is 143 Å². The summed E-state index contributed by atoms with van der Waals surface area (Å²) in [5.74, 6) is 1.94. The van der Waals surface area contributed by atoms with E-state index in [1.807, 2.05) is 42.5 Å². The molecule has 0 aliphatic rings. The maximum atomic E-state index is 8.98. The van der Waals surface area contributed by atoms with Crippen molar-refractivity contribution in [1.82, 2.24) is 0 Å². The molecule has 0 amide bonds. The number of aryl methyl sites for hydroxylation is 1. The summed E-state index contributed by atoms with van der Waals surface area (Å²) < 4.78 is 6.19. The van der Waals surface area contributed by atoms with Crippen LogP contribution in [0, 0.1) is 11.3 Å². The van der Waals surface area contributed by atoms with Crippen LogP contribution in [0.4, 0.5) is 0 Å². The highest BCUT2D eigenvalue weighted by atomic mass is 16.3. The van der Waals surface area contributed by atoms with E-state index in [1.165, 1.54) is 12.8 Å². The molecule has 3 rings (SSSR count). The van der Waals surface area contributed by atoms with Gasteiger partial charge in [0.15, 0.2) is 0 Å². The minimum absolute atomic E-state index is 0.679. The summed E-state index contributed by atoms with van der Waals surface area (Å²) in [7, 11) is 0. The summed E-state index contributed by atoms with van der Waals surface area (Å²) in [6, 6.07) is 22.2. The van der Waals surface area contributed by atoms with Crippen molar-refractivity contribution in [2.75, 3.05) is 0 Å². The predicted octanol–water partition coefficient (Wildman–Crippen LogP) is 6.22. The zero-order chi connectivity index (χ0) is 16.8. The molecular formula is C22H21NO. The molecule has 2 aromatic carbocycles. The summed E-state index contributed by atoms with van der Waals surface area (Å²) in [6.45, 7) is 2.21. The minimum atomic E-state index is 0.679. The first-order valence-electron chi connectivity index (χ1n) is 8.50. The van der Waals surface area contributed by atoms with Gasteiger partial charge in [-0.3, -0.25) is 0 Å². The van der Waals surface area contributed by atoms with Crippen molar-refractivity contribution in [2.24, 2.45) is 0 Å². The standard InChI is InChI=1S/C22H21NO/c1-2-3-5-10-21-20(18-13-11-17(16-23)12-14-18)15-22(24-21)19-8-6-4-7-9-19/h4,6-9,11-15H,2-3,5,10H2,1H3. The fraction of sp³-hybridized carbons (Fsp3) is 0.227. The lowest BCUT2D eigenvalue weighted by atomic mass is 10.0. The SMILES string of the molecule is CCCCCc1oc(-c2ccccc2)cc1-c1ccc(C#N)cc1. The van der Waals surface area contributed by atoms with Crippen LogP contribution in [-0.2, 0) is 6.42 Å². The maximum absolute atomic E-state index is 8.98. The van der Waals surface area contributed by atoms with Crippen LogP contribution in [0.1, 0.15) is 37.5 Å². The highest BCUT2D eigenvalue weighted by Gasteiger charge is 2.14. The Kier molecular flexibility index (Phi) is 5.13. The van der Waals surface area contributed by atoms with E-state index >= 15 is 0 Å². The molecule has 3 aromatic rings. The third-order valence-corrected chi connectivity index (χ3v) is 4.20. The lowest BCUT2D eigenvalue weighted by Crippen LogP contribution is -1.86. The first-order chi connectivity index (χ1) is 11.8. The van der Waals surface area contributed by atoms with Crippen molar-refractivity contribution in [3.8, 4) is 28.5 Å². The molecule has 1 heterocycles. The highest BCUT2D eigenvalue weighted by molar-refractivity contribution is 5.72. The number of nitrogens with zero attached hydrogens (tertiary/aromatic N) is 1. The van der Waals surface area contributed by atoms with Gasteiger partial charge in [-0.15, -0.1) is 0 Å². The van der Waals surface area contributed by atoms with E-state index in [4.69, 9.17) is 9.68 Å². The molecular weight excluding hydrogens is 294 g/mol. The summed E-state index contributed by atoms with van der Waals surface area (Å²) >= 11 is 0. The van der Waals surface area contributed by atoms with E-state index in [0.29, 0.717) is 5.56 Å². The van der Waals surface area contributed by atoms with Gasteiger partial charge in [0.05, 0.1) is 11.6 Å². The van der Waals surface area contributed by atoms with Crippen molar-refractivity contribution in [2.45, 2.75) is 32.6 Å². The first-order valence-corrected chi connectivity index (χ1v) is 8.50. The third kappa shape index (κ3) is 3.58. The number of rotatable bonds is 6. The number of hydrogen-bond acceptors (Lipinski definition) is 2. The van der Waals surface area contributed by atoms with Crippen LogP contribution in [-0.4, -0.2) is 0 Å². The van der Waals surface area contributed by atoms with Crippen molar-refractivity contribution in [3.05, 3.63) is 72.0 Å². The lowest BCUT2D eigenvalue weighted by molar-refractivity contribution is 0.510. The Hall–Kier alpha value is -2.79. The Bertz CT molecular complexity index is 823. The van der Waals surface area contributed by atoms with Gasteiger partial charge in [0.1, 0.15) is 11.5 Å². The molecule has 0 bridgehead atoms. The van der Waals surface area contributed by atoms with Crippen LogP contribution >= 0.6 is 0 Å². The molecule has 0 saturated carbocycles. The summed E-state index contributed by atoms with van der Waals surface area (Å²) in [5.41, 5.74) is 4.01. The smallest absolute Gasteiger partial charge is 0.134 e. The molecule has 0 spiro atoms. The maximum Gasteiger partial charge on any atom is 0.134 e. The number of hydrogen-bond donors (Lipinski definition) is 0. The van der Waals surface area contributed by atoms with Crippen LogP contribution in [0.2, 0.25) is 0 Å². The van der Waals surface area contributed by atoms with Gasteiger partial charge in [-0.25, -0.2) is 0 Å². The van der Waals surface area contributed by atoms with E-state index in [2.05, 4.69) is 31.2 Å². The van der Waals surface area contributed by atoms with Gasteiger partial charge in [0.2, 0.25) is 0 Å². The molecule has 2 nitrogen and oxygen atoms in total. The number of unbranched alkanes of at least 4 members (excludes halogenated alkanes) is 2. The Balaban J connectivity index is 1.98. The normalized spacial score (nSPS) is 10.5. The fourth-order valence-electron chi connectivity index (χ4n) is 2.86. The monoisotopic (exact) mass is 315 g/mol. The second-order valence-electron chi connectivity index (χ2n) is 5.96. The van der Waals surface area contributed by atoms with Crippen LogP contribution in [0.3, 0.4) is 0 Å². The molecule has 0 radical (unpaired) electrons. The fourth-order valence-corrected chi connectivity index (χ4v) is 2.86. The average Bonchev–Trinajstić information content (AvgIpc) is 3.07. The second kappa shape index (κ2) is 7.66. The number of furan rings is 1. The van der Waals surface area contributed by atoms with Crippen molar-refractivity contribution in [1.29, 1.82) is 5.26 Å². The molecule has 120 valence electrons. The van der Waals surface area contributed by atoms with Gasteiger partial charge in [-0.1, -0.05) is 62.2 Å². The molecule has 0 saturated heterocycles. The molecule has 0 unspecified atom stereocenters. The van der Waals surface area contributed by atoms with Gasteiger partial charge in [0.25, 0.3) is 0 Å². The second-order valence-corrected chi connectivity index (χ2v) is 5.96. The third-order valence-electron chi connectivity index (χ3n) is 4.20. The largest absolute Gasteiger partial charge is 0.460 e. The molecule has 24 heavy (non-hydrogen) atoms. The summed E-state index contributed by atoms with van der Waals surface area (Å²) in [5, 5.41) is 8.98. The van der Waals surface area contributed by atoms with E-state index < -0.39 is 0 Å².